The molecule has 3 rings (SSSR count). The Morgan fingerprint density at radius 1 is 1.06 bits per heavy atom. The van der Waals surface area contributed by atoms with Gasteiger partial charge in [0.25, 0.3) is 11.8 Å². The van der Waals surface area contributed by atoms with Gasteiger partial charge in [0.1, 0.15) is 0 Å². The number of nitrogens with one attached hydrogen (secondary N) is 2. The lowest BCUT2D eigenvalue weighted by Crippen LogP contribution is -2.42. The molecule has 0 spiro atoms. The van der Waals surface area contributed by atoms with Crippen LogP contribution in [0.25, 0.3) is 0 Å². The Bertz CT molecular complexity index is 956. The van der Waals surface area contributed by atoms with Crippen LogP contribution in [0.4, 0.5) is 5.69 Å². The average Bonchev–Trinajstić information content (AvgIpc) is 2.81. The number of benzene rings is 2. The van der Waals surface area contributed by atoms with Gasteiger partial charge in [-0.3, -0.25) is 14.5 Å². The molecule has 1 heterocycles. The van der Waals surface area contributed by atoms with E-state index in [1.54, 1.807) is 18.2 Å². The number of carbonyl (C=O) groups is 2. The van der Waals surface area contributed by atoms with Gasteiger partial charge in [0.15, 0.2) is 18.1 Å². The highest BCUT2D eigenvalue weighted by molar-refractivity contribution is 5.92. The smallest absolute Gasteiger partial charge is 0.262 e. The van der Waals surface area contributed by atoms with Crippen LogP contribution in [0.2, 0.25) is 0 Å². The molecule has 1 fully saturated rings. The number of rotatable bonds is 10. The summed E-state index contributed by atoms with van der Waals surface area (Å²) in [5, 5.41) is 6.82. The molecule has 1 saturated heterocycles. The fourth-order valence-corrected chi connectivity index (χ4v) is 3.15. The molecule has 0 atom stereocenters. The molecule has 9 heteroatoms. The van der Waals surface area contributed by atoms with Crippen molar-refractivity contribution >= 4 is 23.7 Å². The van der Waals surface area contributed by atoms with Gasteiger partial charge in [0, 0.05) is 18.8 Å². The summed E-state index contributed by atoms with van der Waals surface area (Å²) in [5.41, 5.74) is 5.08. The summed E-state index contributed by atoms with van der Waals surface area (Å²) in [6, 6.07) is 12.8. The topological polar surface area (TPSA) is 101 Å². The van der Waals surface area contributed by atoms with E-state index in [2.05, 4.69) is 15.8 Å². The zero-order valence-corrected chi connectivity index (χ0v) is 19.0. The number of morpholine rings is 1. The minimum atomic E-state index is -0.269. The Hall–Kier alpha value is -3.43. The maximum absolute atomic E-state index is 12.2. The van der Waals surface area contributed by atoms with Gasteiger partial charge < -0.3 is 19.5 Å². The zero-order chi connectivity index (χ0) is 23.5. The van der Waals surface area contributed by atoms with Crippen molar-refractivity contribution in [1.29, 1.82) is 0 Å². The Morgan fingerprint density at radius 2 is 1.82 bits per heavy atom. The lowest BCUT2D eigenvalue weighted by molar-refractivity contribution is -0.123. The minimum absolute atomic E-state index is 0.154. The van der Waals surface area contributed by atoms with E-state index in [9.17, 15) is 9.59 Å². The number of hydrazone groups is 1. The Labute approximate surface area is 193 Å². The maximum Gasteiger partial charge on any atom is 0.262 e. The number of amides is 2. The minimum Gasteiger partial charge on any atom is -0.490 e. The molecule has 2 N–H and O–H groups in total. The monoisotopic (exact) mass is 454 g/mol. The first-order valence-electron chi connectivity index (χ1n) is 10.9. The first-order chi connectivity index (χ1) is 16.0. The van der Waals surface area contributed by atoms with Gasteiger partial charge in [0.05, 0.1) is 32.6 Å². The van der Waals surface area contributed by atoms with Gasteiger partial charge in [-0.15, -0.1) is 0 Å². The van der Waals surface area contributed by atoms with Crippen molar-refractivity contribution in [3.8, 4) is 11.5 Å². The van der Waals surface area contributed by atoms with Crippen LogP contribution in [-0.2, 0) is 14.3 Å². The predicted octanol–water partition coefficient (Wildman–Crippen LogP) is 2.19. The van der Waals surface area contributed by atoms with Gasteiger partial charge in [0.2, 0.25) is 0 Å². The number of carbonyl (C=O) groups excluding carboxylic acids is 2. The molecule has 0 saturated carbocycles. The maximum atomic E-state index is 12.2. The highest BCUT2D eigenvalue weighted by Gasteiger charge is 2.13. The second kappa shape index (κ2) is 12.6. The molecule has 1 aliphatic rings. The van der Waals surface area contributed by atoms with E-state index in [0.717, 1.165) is 24.2 Å². The van der Waals surface area contributed by atoms with E-state index < -0.39 is 0 Å². The molecular formula is C24H30N4O5. The normalized spacial score (nSPS) is 14.1. The second-order valence-corrected chi connectivity index (χ2v) is 7.52. The highest BCUT2D eigenvalue weighted by atomic mass is 16.5. The van der Waals surface area contributed by atoms with Crippen LogP contribution in [0.3, 0.4) is 0 Å². The fourth-order valence-electron chi connectivity index (χ4n) is 3.15. The molecule has 0 radical (unpaired) electrons. The number of aryl methyl sites for hydroxylation is 1. The average molecular weight is 455 g/mol. The second-order valence-electron chi connectivity index (χ2n) is 7.52. The van der Waals surface area contributed by atoms with Gasteiger partial charge in [-0.05, 0) is 49.7 Å². The lowest BCUT2D eigenvalue weighted by atomic mass is 10.2. The van der Waals surface area contributed by atoms with Crippen LogP contribution < -0.4 is 20.2 Å². The van der Waals surface area contributed by atoms with Gasteiger partial charge >= 0.3 is 0 Å². The number of hydrogen-bond acceptors (Lipinski definition) is 7. The van der Waals surface area contributed by atoms with E-state index in [1.807, 2.05) is 43.0 Å². The van der Waals surface area contributed by atoms with E-state index in [0.29, 0.717) is 37.0 Å². The van der Waals surface area contributed by atoms with Crippen molar-refractivity contribution in [2.24, 2.45) is 5.10 Å². The predicted molar refractivity (Wildman–Crippen MR) is 126 cm³/mol. The van der Waals surface area contributed by atoms with Gasteiger partial charge in [-0.1, -0.05) is 17.7 Å². The highest BCUT2D eigenvalue weighted by Crippen LogP contribution is 2.28. The SMILES string of the molecule is CCOc1cc(/C=N\NC(=O)CN2CCOCC2)ccc1OCC(=O)Nc1ccc(C)cc1. The molecule has 0 aromatic heterocycles. The largest absolute Gasteiger partial charge is 0.490 e. The summed E-state index contributed by atoms with van der Waals surface area (Å²) >= 11 is 0. The van der Waals surface area contributed by atoms with E-state index in [4.69, 9.17) is 14.2 Å². The Balaban J connectivity index is 1.52. The molecular weight excluding hydrogens is 424 g/mol. The molecule has 176 valence electrons. The van der Waals surface area contributed by atoms with Crippen LogP contribution in [0.1, 0.15) is 18.1 Å². The number of hydrogen-bond donors (Lipinski definition) is 2. The molecule has 2 aromatic carbocycles. The van der Waals surface area contributed by atoms with E-state index in [1.165, 1.54) is 6.21 Å². The standard InChI is InChI=1S/C24H30N4O5/c1-3-32-22-14-19(15-25-27-23(29)16-28-10-12-31-13-11-28)6-9-21(22)33-17-24(30)26-20-7-4-18(2)5-8-20/h4-9,14-15H,3,10-13,16-17H2,1-2H3,(H,26,30)(H,27,29)/b25-15-. The lowest BCUT2D eigenvalue weighted by Gasteiger charge is -2.25. The van der Waals surface area contributed by atoms with Crippen LogP contribution in [0.5, 0.6) is 11.5 Å². The summed E-state index contributed by atoms with van der Waals surface area (Å²) in [5.74, 6) is 0.487. The van der Waals surface area contributed by atoms with Gasteiger partial charge in [-0.2, -0.15) is 5.10 Å². The third-order valence-corrected chi connectivity index (χ3v) is 4.84. The summed E-state index contributed by atoms with van der Waals surface area (Å²) in [4.78, 5) is 26.3. The summed E-state index contributed by atoms with van der Waals surface area (Å²) < 4.78 is 16.6. The summed E-state index contributed by atoms with van der Waals surface area (Å²) in [6.45, 7) is 7.15. The quantitative estimate of drug-likeness (QED) is 0.422. The van der Waals surface area contributed by atoms with E-state index >= 15 is 0 Å². The number of nitrogens with zero attached hydrogens (tertiary/aromatic N) is 2. The van der Waals surface area contributed by atoms with Crippen LogP contribution in [-0.4, -0.2) is 69.0 Å². The first kappa shape index (κ1) is 24.2. The summed E-state index contributed by atoms with van der Waals surface area (Å²) in [6.07, 6.45) is 1.54. The molecule has 33 heavy (non-hydrogen) atoms. The van der Waals surface area contributed by atoms with Crippen LogP contribution in [0, 0.1) is 6.92 Å². The molecule has 2 amide bonds. The van der Waals surface area contributed by atoms with Crippen molar-refractivity contribution in [2.75, 3.05) is 51.4 Å². The summed E-state index contributed by atoms with van der Waals surface area (Å²) in [7, 11) is 0. The van der Waals surface area contributed by atoms with Crippen molar-refractivity contribution in [2.45, 2.75) is 13.8 Å². The zero-order valence-electron chi connectivity index (χ0n) is 19.0. The molecule has 2 aromatic rings. The molecule has 9 nitrogen and oxygen atoms in total. The third-order valence-electron chi connectivity index (χ3n) is 4.84. The van der Waals surface area contributed by atoms with Crippen molar-refractivity contribution in [3.63, 3.8) is 0 Å². The van der Waals surface area contributed by atoms with Crippen LogP contribution >= 0.6 is 0 Å². The fraction of sp³-hybridized carbons (Fsp3) is 0.375. The number of anilines is 1. The molecule has 0 unspecified atom stereocenters. The van der Waals surface area contributed by atoms with Crippen molar-refractivity contribution < 1.29 is 23.8 Å². The number of ether oxygens (including phenoxy) is 3. The van der Waals surface area contributed by atoms with Crippen molar-refractivity contribution in [1.82, 2.24) is 10.3 Å². The van der Waals surface area contributed by atoms with Crippen molar-refractivity contribution in [3.05, 3.63) is 53.6 Å². The van der Waals surface area contributed by atoms with Crippen LogP contribution in [0.15, 0.2) is 47.6 Å². The first-order valence-corrected chi connectivity index (χ1v) is 10.9. The van der Waals surface area contributed by atoms with E-state index in [-0.39, 0.29) is 25.0 Å². The third kappa shape index (κ3) is 8.21. The molecule has 1 aliphatic heterocycles. The van der Waals surface area contributed by atoms with Gasteiger partial charge in [-0.25, -0.2) is 5.43 Å². The molecule has 0 aliphatic carbocycles. The Morgan fingerprint density at radius 3 is 2.55 bits per heavy atom. The molecule has 0 bridgehead atoms. The Kier molecular flexibility index (Phi) is 9.22.